The molecule has 21 heavy (non-hydrogen) atoms. The van der Waals surface area contributed by atoms with Crippen LogP contribution in [0.2, 0.25) is 5.02 Å². The van der Waals surface area contributed by atoms with Crippen molar-refractivity contribution in [3.63, 3.8) is 0 Å². The topological polar surface area (TPSA) is 37.4 Å². The molecule has 0 spiro atoms. The first-order valence-electron chi connectivity index (χ1n) is 6.77. The lowest BCUT2D eigenvalue weighted by molar-refractivity contribution is -0.113. The first kappa shape index (κ1) is 13.8. The fourth-order valence-corrected chi connectivity index (χ4v) is 2.59. The van der Waals surface area contributed by atoms with Gasteiger partial charge in [0.15, 0.2) is 0 Å². The molecule has 0 bridgehead atoms. The van der Waals surface area contributed by atoms with E-state index in [9.17, 15) is 9.59 Å². The number of hydrogen-bond acceptors (Lipinski definition) is 2. The van der Waals surface area contributed by atoms with E-state index in [1.807, 2.05) is 18.2 Å². The average molecular weight is 300 g/mol. The quantitative estimate of drug-likeness (QED) is 0.774. The van der Waals surface area contributed by atoms with Crippen molar-refractivity contribution in [2.75, 3.05) is 4.90 Å². The minimum atomic E-state index is -0.520. The van der Waals surface area contributed by atoms with E-state index in [2.05, 4.69) is 13.8 Å². The number of ketones is 1. The molecule has 3 rings (SSSR count). The summed E-state index contributed by atoms with van der Waals surface area (Å²) >= 11 is 5.87. The van der Waals surface area contributed by atoms with Crippen LogP contribution in [0.15, 0.2) is 42.5 Å². The lowest BCUT2D eigenvalue weighted by atomic mass is 9.99. The maximum atomic E-state index is 12.3. The van der Waals surface area contributed by atoms with E-state index in [1.54, 1.807) is 24.3 Å². The predicted molar refractivity (Wildman–Crippen MR) is 83.5 cm³/mol. The van der Waals surface area contributed by atoms with Gasteiger partial charge in [-0.15, -0.1) is 0 Å². The first-order chi connectivity index (χ1) is 9.99. The van der Waals surface area contributed by atoms with Gasteiger partial charge in [0.2, 0.25) is 0 Å². The van der Waals surface area contributed by atoms with Crippen LogP contribution in [0.3, 0.4) is 0 Å². The van der Waals surface area contributed by atoms with Gasteiger partial charge in [-0.2, -0.15) is 0 Å². The van der Waals surface area contributed by atoms with Gasteiger partial charge in [-0.1, -0.05) is 31.5 Å². The Kier molecular flexibility index (Phi) is 3.30. The smallest absolute Gasteiger partial charge is 0.283 e. The van der Waals surface area contributed by atoms with Crippen LogP contribution in [0, 0.1) is 0 Å². The molecule has 0 radical (unpaired) electrons. The third-order valence-corrected chi connectivity index (χ3v) is 3.91. The van der Waals surface area contributed by atoms with Gasteiger partial charge in [-0.25, -0.2) is 0 Å². The molecule has 4 heteroatoms. The number of hydrogen-bond donors (Lipinski definition) is 0. The largest absolute Gasteiger partial charge is 0.304 e. The van der Waals surface area contributed by atoms with Gasteiger partial charge in [-0.3, -0.25) is 14.5 Å². The van der Waals surface area contributed by atoms with Crippen LogP contribution in [-0.4, -0.2) is 11.7 Å². The Balaban J connectivity index is 2.12. The van der Waals surface area contributed by atoms with Crippen LogP contribution in [0.1, 0.15) is 35.7 Å². The molecule has 0 atom stereocenters. The van der Waals surface area contributed by atoms with E-state index < -0.39 is 11.7 Å². The van der Waals surface area contributed by atoms with Gasteiger partial charge in [0.25, 0.3) is 5.78 Å². The van der Waals surface area contributed by atoms with E-state index in [-0.39, 0.29) is 0 Å². The molecule has 0 saturated heterocycles. The van der Waals surface area contributed by atoms with Crippen LogP contribution in [0.25, 0.3) is 0 Å². The Hall–Kier alpha value is -2.13. The summed E-state index contributed by atoms with van der Waals surface area (Å²) < 4.78 is 0. The number of amides is 1. The molecule has 0 fully saturated rings. The second-order valence-electron chi connectivity index (χ2n) is 5.38. The van der Waals surface area contributed by atoms with E-state index in [4.69, 9.17) is 11.6 Å². The zero-order valence-corrected chi connectivity index (χ0v) is 12.5. The molecular weight excluding hydrogens is 286 g/mol. The lowest BCUT2D eigenvalue weighted by Gasteiger charge is -2.17. The SMILES string of the molecule is CC(C)c1ccc2c(c1)C(=O)C(=O)N2c1ccc(Cl)cc1. The summed E-state index contributed by atoms with van der Waals surface area (Å²) in [5, 5.41) is 0.590. The zero-order chi connectivity index (χ0) is 15.1. The molecule has 106 valence electrons. The molecular formula is C17H14ClNO2. The third-order valence-electron chi connectivity index (χ3n) is 3.65. The molecule has 3 nitrogen and oxygen atoms in total. The Morgan fingerprint density at radius 2 is 1.67 bits per heavy atom. The van der Waals surface area contributed by atoms with Crippen molar-refractivity contribution >= 4 is 34.7 Å². The first-order valence-corrected chi connectivity index (χ1v) is 7.15. The molecule has 0 unspecified atom stereocenters. The van der Waals surface area contributed by atoms with Crippen molar-refractivity contribution in [2.45, 2.75) is 19.8 Å². The second kappa shape index (κ2) is 5.01. The minimum Gasteiger partial charge on any atom is -0.283 e. The summed E-state index contributed by atoms with van der Waals surface area (Å²) in [6.45, 7) is 4.11. The number of rotatable bonds is 2. The molecule has 0 saturated carbocycles. The van der Waals surface area contributed by atoms with Crippen molar-refractivity contribution in [1.29, 1.82) is 0 Å². The van der Waals surface area contributed by atoms with Crippen LogP contribution in [-0.2, 0) is 4.79 Å². The molecule has 1 aliphatic rings. The Bertz CT molecular complexity index is 735. The number of nitrogens with zero attached hydrogens (tertiary/aromatic N) is 1. The predicted octanol–water partition coefficient (Wildman–Crippen LogP) is 4.32. The summed E-state index contributed by atoms with van der Waals surface area (Å²) in [7, 11) is 0. The van der Waals surface area contributed by atoms with E-state index in [1.165, 1.54) is 4.90 Å². The Labute approximate surface area is 128 Å². The molecule has 1 amide bonds. The van der Waals surface area contributed by atoms with Crippen LogP contribution in [0.5, 0.6) is 0 Å². The van der Waals surface area contributed by atoms with Crippen LogP contribution >= 0.6 is 11.6 Å². The van der Waals surface area contributed by atoms with Gasteiger partial charge in [0.1, 0.15) is 0 Å². The number of benzene rings is 2. The number of anilines is 2. The van der Waals surface area contributed by atoms with E-state index >= 15 is 0 Å². The van der Waals surface area contributed by atoms with Gasteiger partial charge in [-0.05, 0) is 47.9 Å². The fraction of sp³-hybridized carbons (Fsp3) is 0.176. The number of carbonyl (C=O) groups excluding carboxylic acids is 2. The molecule has 2 aromatic carbocycles. The molecule has 0 aromatic heterocycles. The van der Waals surface area contributed by atoms with Crippen molar-refractivity contribution in [1.82, 2.24) is 0 Å². The number of fused-ring (bicyclic) bond motifs is 1. The number of halogens is 1. The van der Waals surface area contributed by atoms with Gasteiger partial charge in [0, 0.05) is 10.7 Å². The highest BCUT2D eigenvalue weighted by atomic mass is 35.5. The summed E-state index contributed by atoms with van der Waals surface area (Å²) in [5.74, 6) is -0.668. The van der Waals surface area contributed by atoms with Crippen molar-refractivity contribution < 1.29 is 9.59 Å². The summed E-state index contributed by atoms with van der Waals surface area (Å²) in [4.78, 5) is 25.9. The highest BCUT2D eigenvalue weighted by Gasteiger charge is 2.36. The minimum absolute atomic E-state index is 0.308. The second-order valence-corrected chi connectivity index (χ2v) is 5.81. The van der Waals surface area contributed by atoms with Crippen molar-refractivity contribution in [3.8, 4) is 0 Å². The van der Waals surface area contributed by atoms with Gasteiger partial charge in [0.05, 0.1) is 11.3 Å². The molecule has 1 aliphatic heterocycles. The summed E-state index contributed by atoms with van der Waals surface area (Å²) in [5.41, 5.74) is 2.81. The van der Waals surface area contributed by atoms with Crippen LogP contribution in [0.4, 0.5) is 11.4 Å². The third kappa shape index (κ3) is 2.24. The maximum Gasteiger partial charge on any atom is 0.304 e. The average Bonchev–Trinajstić information content (AvgIpc) is 2.72. The van der Waals surface area contributed by atoms with Gasteiger partial charge >= 0.3 is 5.91 Å². The van der Waals surface area contributed by atoms with Crippen molar-refractivity contribution in [2.24, 2.45) is 0 Å². The molecule has 0 N–H and O–H groups in total. The molecule has 2 aromatic rings. The van der Waals surface area contributed by atoms with Crippen LogP contribution < -0.4 is 4.90 Å². The highest BCUT2D eigenvalue weighted by Crippen LogP contribution is 2.37. The lowest BCUT2D eigenvalue weighted by Crippen LogP contribution is -2.24. The summed E-state index contributed by atoms with van der Waals surface area (Å²) in [6.07, 6.45) is 0. The van der Waals surface area contributed by atoms with E-state index in [0.29, 0.717) is 27.9 Å². The molecule has 1 heterocycles. The maximum absolute atomic E-state index is 12.3. The normalized spacial score (nSPS) is 14.0. The highest BCUT2D eigenvalue weighted by molar-refractivity contribution is 6.53. The fourth-order valence-electron chi connectivity index (χ4n) is 2.46. The van der Waals surface area contributed by atoms with Gasteiger partial charge < -0.3 is 0 Å². The van der Waals surface area contributed by atoms with Crippen molar-refractivity contribution in [3.05, 3.63) is 58.6 Å². The van der Waals surface area contributed by atoms with E-state index in [0.717, 1.165) is 5.56 Å². The monoisotopic (exact) mass is 299 g/mol. The zero-order valence-electron chi connectivity index (χ0n) is 11.8. The number of carbonyl (C=O) groups is 2. The summed E-state index contributed by atoms with van der Waals surface area (Å²) in [6, 6.07) is 12.5. The molecule has 0 aliphatic carbocycles. The number of Topliss-reactive ketones (excluding diaryl/α,β-unsaturated/α-hetero) is 1. The standard InChI is InChI=1S/C17H14ClNO2/c1-10(2)11-3-8-15-14(9-11)16(20)17(21)19(15)13-6-4-12(18)5-7-13/h3-10H,1-2H3. The Morgan fingerprint density at radius 1 is 1.00 bits per heavy atom. The Morgan fingerprint density at radius 3 is 2.29 bits per heavy atom.